The molecule has 20 heavy (non-hydrogen) atoms. The molecule has 7 heteroatoms. The number of halogens is 1. The van der Waals surface area contributed by atoms with Gasteiger partial charge in [-0.2, -0.15) is 4.31 Å². The first kappa shape index (κ1) is 15.1. The van der Waals surface area contributed by atoms with Crippen LogP contribution in [0.25, 0.3) is 0 Å². The van der Waals surface area contributed by atoms with Gasteiger partial charge in [0.1, 0.15) is 5.76 Å². The van der Waals surface area contributed by atoms with Crippen LogP contribution in [0.1, 0.15) is 12.7 Å². The summed E-state index contributed by atoms with van der Waals surface area (Å²) >= 11 is 3.25. The third-order valence-electron chi connectivity index (χ3n) is 2.87. The van der Waals surface area contributed by atoms with Gasteiger partial charge in [-0.3, -0.25) is 0 Å². The lowest BCUT2D eigenvalue weighted by Crippen LogP contribution is -2.30. The van der Waals surface area contributed by atoms with Gasteiger partial charge in [0.25, 0.3) is 0 Å². The van der Waals surface area contributed by atoms with E-state index in [0.29, 0.717) is 22.5 Å². The van der Waals surface area contributed by atoms with E-state index in [-0.39, 0.29) is 11.4 Å². The molecule has 2 N–H and O–H groups in total. The number of rotatable bonds is 5. The number of nitrogens with two attached hydrogens (primary N) is 1. The Morgan fingerprint density at radius 3 is 2.65 bits per heavy atom. The van der Waals surface area contributed by atoms with E-state index in [1.807, 2.05) is 0 Å². The van der Waals surface area contributed by atoms with Crippen LogP contribution in [0.5, 0.6) is 0 Å². The van der Waals surface area contributed by atoms with Crippen molar-refractivity contribution < 1.29 is 12.8 Å². The zero-order chi connectivity index (χ0) is 14.8. The van der Waals surface area contributed by atoms with E-state index >= 15 is 0 Å². The molecule has 108 valence electrons. The minimum Gasteiger partial charge on any atom is -0.468 e. The van der Waals surface area contributed by atoms with Gasteiger partial charge >= 0.3 is 0 Å². The van der Waals surface area contributed by atoms with E-state index in [2.05, 4.69) is 15.9 Å². The molecule has 0 saturated carbocycles. The summed E-state index contributed by atoms with van der Waals surface area (Å²) in [7, 11) is -3.59. The van der Waals surface area contributed by atoms with Gasteiger partial charge in [-0.25, -0.2) is 8.42 Å². The van der Waals surface area contributed by atoms with E-state index in [4.69, 9.17) is 10.2 Å². The molecule has 0 aliphatic heterocycles. The highest BCUT2D eigenvalue weighted by Gasteiger charge is 2.24. The lowest BCUT2D eigenvalue weighted by Gasteiger charge is -2.19. The molecular weight excluding hydrogens is 344 g/mol. The van der Waals surface area contributed by atoms with Crippen molar-refractivity contribution in [3.63, 3.8) is 0 Å². The van der Waals surface area contributed by atoms with Crippen molar-refractivity contribution >= 4 is 31.6 Å². The van der Waals surface area contributed by atoms with E-state index in [0.717, 1.165) is 0 Å². The average molecular weight is 359 g/mol. The van der Waals surface area contributed by atoms with E-state index in [1.54, 1.807) is 25.1 Å². The Labute approximate surface area is 126 Å². The molecule has 0 unspecified atom stereocenters. The van der Waals surface area contributed by atoms with Gasteiger partial charge in [0, 0.05) is 16.7 Å². The summed E-state index contributed by atoms with van der Waals surface area (Å²) in [5, 5.41) is 0. The molecule has 0 fully saturated rings. The van der Waals surface area contributed by atoms with E-state index in [1.165, 1.54) is 22.7 Å². The first-order valence-corrected chi connectivity index (χ1v) is 8.26. The summed E-state index contributed by atoms with van der Waals surface area (Å²) in [5.74, 6) is 0.598. The standard InChI is InChI=1S/C13H15BrN2O3S/c1-2-16(9-10-4-3-7-19-10)20(17,18)11-5-6-12(14)13(15)8-11/h3-8H,2,9,15H2,1H3. The largest absolute Gasteiger partial charge is 0.468 e. The predicted octanol–water partition coefficient (Wildman–Crippen LogP) is 2.84. The fourth-order valence-electron chi connectivity index (χ4n) is 1.77. The average Bonchev–Trinajstić information content (AvgIpc) is 2.91. The molecule has 5 nitrogen and oxygen atoms in total. The number of furan rings is 1. The quantitative estimate of drug-likeness (QED) is 0.833. The lowest BCUT2D eigenvalue weighted by atomic mass is 10.3. The van der Waals surface area contributed by atoms with Crippen LogP contribution in [0.3, 0.4) is 0 Å². The van der Waals surface area contributed by atoms with Crippen molar-refractivity contribution in [1.82, 2.24) is 4.31 Å². The van der Waals surface area contributed by atoms with Crippen LogP contribution in [-0.4, -0.2) is 19.3 Å². The molecule has 0 aliphatic rings. The predicted molar refractivity (Wildman–Crippen MR) is 80.5 cm³/mol. The molecule has 0 radical (unpaired) electrons. The number of hydrogen-bond donors (Lipinski definition) is 1. The molecule has 1 heterocycles. The second kappa shape index (κ2) is 5.99. The summed E-state index contributed by atoms with van der Waals surface area (Å²) in [5.41, 5.74) is 6.14. The van der Waals surface area contributed by atoms with Gasteiger partial charge in [0.05, 0.1) is 17.7 Å². The highest BCUT2D eigenvalue weighted by atomic mass is 79.9. The van der Waals surface area contributed by atoms with Crippen molar-refractivity contribution in [1.29, 1.82) is 0 Å². The van der Waals surface area contributed by atoms with Crippen LogP contribution < -0.4 is 5.73 Å². The SMILES string of the molecule is CCN(Cc1ccco1)S(=O)(=O)c1ccc(Br)c(N)c1. The van der Waals surface area contributed by atoms with Gasteiger partial charge in [0.2, 0.25) is 10.0 Å². The smallest absolute Gasteiger partial charge is 0.243 e. The third-order valence-corrected chi connectivity index (χ3v) is 5.51. The van der Waals surface area contributed by atoms with Crippen LogP contribution in [0.2, 0.25) is 0 Å². The summed E-state index contributed by atoms with van der Waals surface area (Å²) < 4.78 is 32.3. The van der Waals surface area contributed by atoms with Crippen LogP contribution in [0, 0.1) is 0 Å². The minimum atomic E-state index is -3.59. The molecule has 0 spiro atoms. The highest BCUT2D eigenvalue weighted by Crippen LogP contribution is 2.25. The second-order valence-electron chi connectivity index (χ2n) is 4.19. The molecule has 0 saturated heterocycles. The second-order valence-corrected chi connectivity index (χ2v) is 6.99. The maximum absolute atomic E-state index is 12.6. The van der Waals surface area contributed by atoms with Crippen molar-refractivity contribution in [3.8, 4) is 0 Å². The van der Waals surface area contributed by atoms with Gasteiger partial charge in [-0.1, -0.05) is 6.92 Å². The first-order valence-electron chi connectivity index (χ1n) is 6.02. The summed E-state index contributed by atoms with van der Waals surface area (Å²) in [6.45, 7) is 2.32. The Bertz CT molecular complexity index is 684. The number of hydrogen-bond acceptors (Lipinski definition) is 4. The van der Waals surface area contributed by atoms with Crippen molar-refractivity contribution in [3.05, 3.63) is 46.8 Å². The maximum Gasteiger partial charge on any atom is 0.243 e. The molecule has 0 aliphatic carbocycles. The van der Waals surface area contributed by atoms with Gasteiger partial charge in [-0.05, 0) is 46.3 Å². The summed E-state index contributed by atoms with van der Waals surface area (Å²) in [6.07, 6.45) is 1.52. The van der Waals surface area contributed by atoms with Gasteiger partial charge in [0.15, 0.2) is 0 Å². The minimum absolute atomic E-state index is 0.173. The van der Waals surface area contributed by atoms with Crippen LogP contribution in [-0.2, 0) is 16.6 Å². The molecule has 0 bridgehead atoms. The monoisotopic (exact) mass is 358 g/mol. The number of sulfonamides is 1. The number of anilines is 1. The number of nitrogens with zero attached hydrogens (tertiary/aromatic N) is 1. The van der Waals surface area contributed by atoms with Gasteiger partial charge < -0.3 is 10.2 Å². The maximum atomic E-state index is 12.6. The lowest BCUT2D eigenvalue weighted by molar-refractivity contribution is 0.375. The van der Waals surface area contributed by atoms with Crippen molar-refractivity contribution in [2.75, 3.05) is 12.3 Å². The highest BCUT2D eigenvalue weighted by molar-refractivity contribution is 9.10. The molecular formula is C13H15BrN2O3S. The van der Waals surface area contributed by atoms with Crippen LogP contribution in [0.15, 0.2) is 50.4 Å². The fourth-order valence-corrected chi connectivity index (χ4v) is 3.47. The summed E-state index contributed by atoms with van der Waals surface area (Å²) in [6, 6.07) is 8.08. The zero-order valence-electron chi connectivity index (χ0n) is 10.9. The molecule has 1 aromatic heterocycles. The molecule has 1 aromatic carbocycles. The Morgan fingerprint density at radius 2 is 2.10 bits per heavy atom. The Hall–Kier alpha value is -1.31. The molecule has 0 amide bonds. The van der Waals surface area contributed by atoms with Crippen molar-refractivity contribution in [2.24, 2.45) is 0 Å². The van der Waals surface area contributed by atoms with Crippen LogP contribution >= 0.6 is 15.9 Å². The first-order chi connectivity index (χ1) is 9.45. The topological polar surface area (TPSA) is 76.5 Å². The van der Waals surface area contributed by atoms with Crippen LogP contribution in [0.4, 0.5) is 5.69 Å². The van der Waals surface area contributed by atoms with Gasteiger partial charge in [-0.15, -0.1) is 0 Å². The van der Waals surface area contributed by atoms with E-state index in [9.17, 15) is 8.42 Å². The Balaban J connectivity index is 2.33. The van der Waals surface area contributed by atoms with E-state index < -0.39 is 10.0 Å². The number of nitrogen functional groups attached to an aromatic ring is 1. The number of benzene rings is 1. The summed E-state index contributed by atoms with van der Waals surface area (Å²) in [4.78, 5) is 0.173. The molecule has 0 atom stereocenters. The molecule has 2 aromatic rings. The third kappa shape index (κ3) is 3.05. The Morgan fingerprint density at radius 1 is 1.35 bits per heavy atom. The normalized spacial score (nSPS) is 11.9. The molecule has 2 rings (SSSR count). The van der Waals surface area contributed by atoms with Crippen molar-refractivity contribution in [2.45, 2.75) is 18.4 Å². The Kier molecular flexibility index (Phi) is 4.52. The zero-order valence-corrected chi connectivity index (χ0v) is 13.3. The fraction of sp³-hybridized carbons (Fsp3) is 0.231.